The average Bonchev–Trinajstić information content (AvgIpc) is 2.46. The summed E-state index contributed by atoms with van der Waals surface area (Å²) < 4.78 is 0.894. The summed E-state index contributed by atoms with van der Waals surface area (Å²) >= 11 is 3.53. The third-order valence-corrected chi connectivity index (χ3v) is 5.16. The zero-order valence-electron chi connectivity index (χ0n) is 11.4. The summed E-state index contributed by atoms with van der Waals surface area (Å²) in [7, 11) is 0. The Morgan fingerprint density at radius 1 is 1.25 bits per heavy atom. The molecule has 2 aliphatic heterocycles. The molecule has 20 heavy (non-hydrogen) atoms. The minimum absolute atomic E-state index is 0.0515. The number of hydrogen-bond acceptors (Lipinski definition) is 2. The zero-order chi connectivity index (χ0) is 14.3. The number of piperidine rings is 1. The monoisotopic (exact) mass is 336 g/mol. The quantitative estimate of drug-likeness (QED) is 0.790. The molecule has 5 heteroatoms. The van der Waals surface area contributed by atoms with Gasteiger partial charge in [0, 0.05) is 11.0 Å². The van der Waals surface area contributed by atoms with E-state index in [1.54, 1.807) is 9.80 Å². The van der Waals surface area contributed by atoms with Crippen LogP contribution < -0.4 is 4.90 Å². The van der Waals surface area contributed by atoms with E-state index in [2.05, 4.69) is 15.9 Å². The zero-order valence-corrected chi connectivity index (χ0v) is 13.0. The van der Waals surface area contributed by atoms with Crippen molar-refractivity contribution in [3.63, 3.8) is 0 Å². The van der Waals surface area contributed by atoms with E-state index in [1.165, 1.54) is 0 Å². The van der Waals surface area contributed by atoms with Gasteiger partial charge in [-0.3, -0.25) is 9.59 Å². The van der Waals surface area contributed by atoms with Crippen molar-refractivity contribution in [2.45, 2.75) is 32.2 Å². The predicted octanol–water partition coefficient (Wildman–Crippen LogP) is 2.49. The second kappa shape index (κ2) is 5.20. The summed E-state index contributed by atoms with van der Waals surface area (Å²) in [6.45, 7) is 2.85. The molecule has 1 aromatic rings. The van der Waals surface area contributed by atoms with E-state index >= 15 is 0 Å². The van der Waals surface area contributed by atoms with Crippen LogP contribution in [0.15, 0.2) is 22.7 Å². The number of piperazine rings is 1. The van der Waals surface area contributed by atoms with Crippen LogP contribution in [0.1, 0.15) is 24.8 Å². The van der Waals surface area contributed by atoms with E-state index in [9.17, 15) is 9.59 Å². The molecule has 0 aromatic heterocycles. The molecule has 2 heterocycles. The minimum atomic E-state index is -0.266. The Labute approximate surface area is 126 Å². The van der Waals surface area contributed by atoms with Gasteiger partial charge in [-0.25, -0.2) is 0 Å². The molecule has 1 aromatic carbocycles. The number of amides is 2. The number of nitrogens with zero attached hydrogens (tertiary/aromatic N) is 2. The fourth-order valence-electron chi connectivity index (χ4n) is 3.01. The van der Waals surface area contributed by atoms with Gasteiger partial charge in [0.05, 0.1) is 5.69 Å². The number of fused-ring (bicyclic) bond motifs is 1. The van der Waals surface area contributed by atoms with Crippen LogP contribution in [0.5, 0.6) is 0 Å². The first kappa shape index (κ1) is 13.6. The van der Waals surface area contributed by atoms with Gasteiger partial charge in [0.15, 0.2) is 0 Å². The van der Waals surface area contributed by atoms with Gasteiger partial charge in [-0.05, 0) is 53.7 Å². The van der Waals surface area contributed by atoms with Crippen LogP contribution in [0.25, 0.3) is 0 Å². The molecule has 0 aliphatic carbocycles. The summed E-state index contributed by atoms with van der Waals surface area (Å²) in [5.74, 6) is 0.110. The maximum absolute atomic E-state index is 12.7. The lowest BCUT2D eigenvalue weighted by atomic mass is 9.98. The number of carbonyl (C=O) groups excluding carboxylic acids is 2. The molecule has 1 atom stereocenters. The lowest BCUT2D eigenvalue weighted by molar-refractivity contribution is -0.144. The highest BCUT2D eigenvalue weighted by Gasteiger charge is 2.41. The third-order valence-electron chi connectivity index (χ3n) is 4.13. The molecule has 0 spiro atoms. The molecule has 2 amide bonds. The molecule has 0 saturated carbocycles. The maximum atomic E-state index is 12.7. The minimum Gasteiger partial charge on any atom is -0.329 e. The summed E-state index contributed by atoms with van der Waals surface area (Å²) in [5, 5.41) is 0. The highest BCUT2D eigenvalue weighted by molar-refractivity contribution is 9.10. The first-order valence-corrected chi connectivity index (χ1v) is 7.75. The Balaban J connectivity index is 1.96. The molecule has 2 saturated heterocycles. The SMILES string of the molecule is Cc1cccc(N2CC(=O)N3CCCCC3C2=O)c1Br. The van der Waals surface area contributed by atoms with Gasteiger partial charge in [0.25, 0.3) is 0 Å². The fraction of sp³-hybridized carbons (Fsp3) is 0.467. The van der Waals surface area contributed by atoms with E-state index in [0.29, 0.717) is 0 Å². The average molecular weight is 337 g/mol. The normalized spacial score (nSPS) is 23.0. The van der Waals surface area contributed by atoms with Crippen molar-refractivity contribution in [2.24, 2.45) is 0 Å². The Hall–Kier alpha value is -1.36. The van der Waals surface area contributed by atoms with Crippen LogP contribution >= 0.6 is 15.9 Å². The van der Waals surface area contributed by atoms with Crippen molar-refractivity contribution in [3.8, 4) is 0 Å². The van der Waals surface area contributed by atoms with E-state index in [0.717, 1.165) is 41.5 Å². The second-order valence-corrected chi connectivity index (χ2v) is 6.22. The molecule has 3 rings (SSSR count). The van der Waals surface area contributed by atoms with Gasteiger partial charge >= 0.3 is 0 Å². The summed E-state index contributed by atoms with van der Waals surface area (Å²) in [4.78, 5) is 28.3. The smallest absolute Gasteiger partial charge is 0.250 e. The predicted molar refractivity (Wildman–Crippen MR) is 80.6 cm³/mol. The molecule has 0 bridgehead atoms. The second-order valence-electron chi connectivity index (χ2n) is 5.43. The highest BCUT2D eigenvalue weighted by atomic mass is 79.9. The molecule has 0 N–H and O–H groups in total. The van der Waals surface area contributed by atoms with Crippen LogP contribution in [0.4, 0.5) is 5.69 Å². The van der Waals surface area contributed by atoms with Gasteiger partial charge in [-0.2, -0.15) is 0 Å². The molecule has 1 unspecified atom stereocenters. The number of hydrogen-bond donors (Lipinski definition) is 0. The van der Waals surface area contributed by atoms with Crippen molar-refractivity contribution in [2.75, 3.05) is 18.0 Å². The molecule has 0 radical (unpaired) electrons. The fourth-order valence-corrected chi connectivity index (χ4v) is 3.49. The van der Waals surface area contributed by atoms with E-state index in [-0.39, 0.29) is 24.4 Å². The van der Waals surface area contributed by atoms with Crippen molar-refractivity contribution < 1.29 is 9.59 Å². The van der Waals surface area contributed by atoms with Gasteiger partial charge in [0.2, 0.25) is 11.8 Å². The summed E-state index contributed by atoms with van der Waals surface area (Å²) in [6.07, 6.45) is 2.80. The topological polar surface area (TPSA) is 40.6 Å². The number of carbonyl (C=O) groups is 2. The number of benzene rings is 1. The van der Waals surface area contributed by atoms with Gasteiger partial charge in [-0.1, -0.05) is 12.1 Å². The molecule has 106 valence electrons. The lowest BCUT2D eigenvalue weighted by Crippen LogP contribution is -2.61. The van der Waals surface area contributed by atoms with Crippen LogP contribution in [-0.4, -0.2) is 35.8 Å². The third kappa shape index (κ3) is 2.14. The van der Waals surface area contributed by atoms with Crippen molar-refractivity contribution in [1.82, 2.24) is 4.90 Å². The van der Waals surface area contributed by atoms with Crippen molar-refractivity contribution >= 4 is 33.4 Å². The van der Waals surface area contributed by atoms with Crippen LogP contribution in [0.2, 0.25) is 0 Å². The van der Waals surface area contributed by atoms with Crippen molar-refractivity contribution in [1.29, 1.82) is 0 Å². The number of anilines is 1. The number of halogens is 1. The standard InChI is InChI=1S/C15H17BrN2O2/c1-10-5-4-7-11(14(10)16)18-9-13(19)17-8-3-2-6-12(17)15(18)20/h4-5,7,12H,2-3,6,8-9H2,1H3. The maximum Gasteiger partial charge on any atom is 0.250 e. The first-order chi connectivity index (χ1) is 9.59. The van der Waals surface area contributed by atoms with Crippen LogP contribution in [0.3, 0.4) is 0 Å². The Bertz CT molecular complexity index is 573. The number of rotatable bonds is 1. The van der Waals surface area contributed by atoms with Crippen LogP contribution in [0, 0.1) is 6.92 Å². The molecule has 2 fully saturated rings. The summed E-state index contributed by atoms with van der Waals surface area (Å²) in [5.41, 5.74) is 1.86. The highest BCUT2D eigenvalue weighted by Crippen LogP contribution is 2.33. The summed E-state index contributed by atoms with van der Waals surface area (Å²) in [6, 6.07) is 5.52. The Kier molecular flexibility index (Phi) is 3.54. The van der Waals surface area contributed by atoms with Gasteiger partial charge in [-0.15, -0.1) is 0 Å². The lowest BCUT2D eigenvalue weighted by Gasteiger charge is -2.43. The first-order valence-electron chi connectivity index (χ1n) is 6.95. The van der Waals surface area contributed by atoms with Gasteiger partial charge < -0.3 is 9.80 Å². The largest absolute Gasteiger partial charge is 0.329 e. The van der Waals surface area contributed by atoms with Crippen molar-refractivity contribution in [3.05, 3.63) is 28.2 Å². The molecule has 4 nitrogen and oxygen atoms in total. The van der Waals surface area contributed by atoms with E-state index in [1.807, 2.05) is 25.1 Å². The van der Waals surface area contributed by atoms with Crippen LogP contribution in [-0.2, 0) is 9.59 Å². The van der Waals surface area contributed by atoms with E-state index in [4.69, 9.17) is 0 Å². The Morgan fingerprint density at radius 2 is 2.05 bits per heavy atom. The Morgan fingerprint density at radius 3 is 2.85 bits per heavy atom. The van der Waals surface area contributed by atoms with Gasteiger partial charge in [0.1, 0.15) is 12.6 Å². The molecular formula is C15H17BrN2O2. The molecular weight excluding hydrogens is 320 g/mol. The molecule has 2 aliphatic rings. The number of aryl methyl sites for hydroxylation is 1. The van der Waals surface area contributed by atoms with E-state index < -0.39 is 0 Å².